The summed E-state index contributed by atoms with van der Waals surface area (Å²) in [6, 6.07) is 15.8. The predicted molar refractivity (Wildman–Crippen MR) is 173 cm³/mol. The Labute approximate surface area is 269 Å². The fourth-order valence-electron chi connectivity index (χ4n) is 5.47. The van der Waals surface area contributed by atoms with E-state index in [1.165, 1.54) is 50.3 Å². The first-order valence-electron chi connectivity index (χ1n) is 15.1. The van der Waals surface area contributed by atoms with Crippen LogP contribution in [0.5, 0.6) is 11.5 Å². The SMILES string of the molecule is COc1ccc(N(CC(=O)N(Cc2cccc(OC)c2)[C@H](C)C(=O)NC2CCCCC2)S(=O)(=O)c2ccc(C)c([N+](=O)[O-])c2)cc1. The minimum Gasteiger partial charge on any atom is -0.497 e. The number of sulfonamides is 1. The van der Waals surface area contributed by atoms with Gasteiger partial charge in [0.1, 0.15) is 24.1 Å². The van der Waals surface area contributed by atoms with E-state index in [0.717, 1.165) is 42.5 Å². The van der Waals surface area contributed by atoms with Gasteiger partial charge < -0.3 is 19.7 Å². The Bertz CT molecular complexity index is 1660. The van der Waals surface area contributed by atoms with Crippen LogP contribution in [0.4, 0.5) is 11.4 Å². The van der Waals surface area contributed by atoms with Crippen LogP contribution in [-0.2, 0) is 26.2 Å². The minimum atomic E-state index is -4.51. The van der Waals surface area contributed by atoms with Crippen LogP contribution in [0, 0.1) is 17.0 Å². The number of carbonyl (C=O) groups is 2. The summed E-state index contributed by atoms with van der Waals surface area (Å²) in [6.45, 7) is 2.45. The molecule has 1 saturated carbocycles. The number of hydrogen-bond donors (Lipinski definition) is 1. The van der Waals surface area contributed by atoms with Gasteiger partial charge in [0.15, 0.2) is 0 Å². The molecule has 3 aromatic rings. The first-order chi connectivity index (χ1) is 21.9. The number of nitro benzene ring substituents is 1. The number of carbonyl (C=O) groups excluding carboxylic acids is 2. The van der Waals surface area contributed by atoms with Crippen molar-refractivity contribution < 1.29 is 32.4 Å². The van der Waals surface area contributed by atoms with Crippen LogP contribution in [0.3, 0.4) is 0 Å². The maximum atomic E-state index is 14.2. The largest absolute Gasteiger partial charge is 0.497 e. The van der Waals surface area contributed by atoms with E-state index in [1.54, 1.807) is 43.3 Å². The number of hydrogen-bond acceptors (Lipinski definition) is 8. The maximum absolute atomic E-state index is 14.2. The predicted octanol–water partition coefficient (Wildman–Crippen LogP) is 4.98. The number of methoxy groups -OCH3 is 2. The van der Waals surface area contributed by atoms with Crippen molar-refractivity contribution in [1.29, 1.82) is 0 Å². The van der Waals surface area contributed by atoms with Crippen molar-refractivity contribution in [1.82, 2.24) is 10.2 Å². The molecule has 46 heavy (non-hydrogen) atoms. The van der Waals surface area contributed by atoms with Crippen LogP contribution in [-0.4, -0.2) is 62.9 Å². The second kappa shape index (κ2) is 15.1. The van der Waals surface area contributed by atoms with E-state index in [9.17, 15) is 28.1 Å². The molecule has 1 aliphatic rings. The third-order valence-electron chi connectivity index (χ3n) is 8.21. The van der Waals surface area contributed by atoms with Crippen LogP contribution < -0.4 is 19.1 Å². The topological polar surface area (TPSA) is 148 Å². The smallest absolute Gasteiger partial charge is 0.273 e. The Morgan fingerprint density at radius 3 is 2.28 bits per heavy atom. The van der Waals surface area contributed by atoms with Crippen LogP contribution in [0.15, 0.2) is 71.6 Å². The maximum Gasteiger partial charge on any atom is 0.273 e. The Morgan fingerprint density at radius 2 is 1.65 bits per heavy atom. The van der Waals surface area contributed by atoms with Gasteiger partial charge in [0.05, 0.1) is 29.7 Å². The fourth-order valence-corrected chi connectivity index (χ4v) is 6.90. The van der Waals surface area contributed by atoms with Gasteiger partial charge in [-0.25, -0.2) is 8.42 Å². The molecule has 2 amide bonds. The summed E-state index contributed by atoms with van der Waals surface area (Å²) in [5.74, 6) is 0.0462. The van der Waals surface area contributed by atoms with Gasteiger partial charge >= 0.3 is 0 Å². The van der Waals surface area contributed by atoms with Gasteiger partial charge in [-0.1, -0.05) is 37.5 Å². The van der Waals surface area contributed by atoms with Gasteiger partial charge in [-0.15, -0.1) is 0 Å². The van der Waals surface area contributed by atoms with Crippen molar-refractivity contribution in [3.63, 3.8) is 0 Å². The summed E-state index contributed by atoms with van der Waals surface area (Å²) < 4.78 is 39.8. The normalized spacial score (nSPS) is 14.2. The van der Waals surface area contributed by atoms with Crippen LogP contribution in [0.2, 0.25) is 0 Å². The summed E-state index contributed by atoms with van der Waals surface area (Å²) in [5, 5.41) is 14.7. The highest BCUT2D eigenvalue weighted by molar-refractivity contribution is 7.92. The number of rotatable bonds is 13. The number of nitrogens with one attached hydrogen (secondary N) is 1. The summed E-state index contributed by atoms with van der Waals surface area (Å²) >= 11 is 0. The number of nitrogens with zero attached hydrogens (tertiary/aromatic N) is 3. The number of anilines is 1. The van der Waals surface area contributed by atoms with E-state index in [4.69, 9.17) is 9.47 Å². The number of nitro groups is 1. The number of amides is 2. The van der Waals surface area contributed by atoms with Crippen LogP contribution in [0.25, 0.3) is 0 Å². The summed E-state index contributed by atoms with van der Waals surface area (Å²) in [4.78, 5) is 39.7. The van der Waals surface area contributed by atoms with Crippen molar-refractivity contribution in [3.05, 3.63) is 88.0 Å². The lowest BCUT2D eigenvalue weighted by Gasteiger charge is -2.33. The lowest BCUT2D eigenvalue weighted by Crippen LogP contribution is -2.53. The van der Waals surface area contributed by atoms with Crippen molar-refractivity contribution in [3.8, 4) is 11.5 Å². The van der Waals surface area contributed by atoms with Crippen LogP contribution >= 0.6 is 0 Å². The van der Waals surface area contributed by atoms with Crippen molar-refractivity contribution >= 4 is 33.2 Å². The summed E-state index contributed by atoms with van der Waals surface area (Å²) in [6.07, 6.45) is 4.85. The first kappa shape index (κ1) is 34.2. The molecule has 1 atom stereocenters. The van der Waals surface area contributed by atoms with Crippen molar-refractivity contribution in [2.45, 2.75) is 69.5 Å². The molecular formula is C33H40N4O8S. The molecule has 4 rings (SSSR count). The Balaban J connectivity index is 1.73. The molecule has 0 saturated heterocycles. The van der Waals surface area contributed by atoms with Gasteiger partial charge in [0.25, 0.3) is 15.7 Å². The second-order valence-electron chi connectivity index (χ2n) is 11.3. The van der Waals surface area contributed by atoms with Gasteiger partial charge in [-0.3, -0.25) is 24.0 Å². The third kappa shape index (κ3) is 8.13. The molecule has 13 heteroatoms. The molecule has 0 spiro atoms. The van der Waals surface area contributed by atoms with E-state index in [-0.39, 0.29) is 34.8 Å². The lowest BCUT2D eigenvalue weighted by atomic mass is 9.95. The summed E-state index contributed by atoms with van der Waals surface area (Å²) in [7, 11) is -1.52. The molecule has 3 aromatic carbocycles. The van der Waals surface area contributed by atoms with Gasteiger partial charge in [0, 0.05) is 24.2 Å². The van der Waals surface area contributed by atoms with Crippen molar-refractivity contribution in [2.24, 2.45) is 0 Å². The molecule has 0 heterocycles. The molecule has 0 bridgehead atoms. The highest BCUT2D eigenvalue weighted by atomic mass is 32.2. The van der Waals surface area contributed by atoms with Crippen LogP contribution in [0.1, 0.15) is 50.2 Å². The molecule has 1 fully saturated rings. The fraction of sp³-hybridized carbons (Fsp3) is 0.394. The van der Waals surface area contributed by atoms with E-state index < -0.39 is 33.4 Å². The Kier molecular flexibility index (Phi) is 11.2. The van der Waals surface area contributed by atoms with E-state index in [2.05, 4.69) is 5.32 Å². The minimum absolute atomic E-state index is 0.00178. The quantitative estimate of drug-likeness (QED) is 0.201. The van der Waals surface area contributed by atoms with E-state index >= 15 is 0 Å². The summed E-state index contributed by atoms with van der Waals surface area (Å²) in [5.41, 5.74) is 0.740. The molecule has 0 aromatic heterocycles. The zero-order chi connectivity index (χ0) is 33.4. The standard InChI is InChI=1S/C33H40N4O8S/c1-23-13-18-30(20-31(23)37(40)41)46(42,43)36(27-14-16-28(44-3)17-15-27)22-32(38)35(21-25-9-8-12-29(19-25)45-4)24(2)33(39)34-26-10-6-5-7-11-26/h8-9,12-20,24,26H,5-7,10-11,21-22H2,1-4H3,(H,34,39)/t24-/m1/s1. The monoisotopic (exact) mass is 652 g/mol. The van der Waals surface area contributed by atoms with Gasteiger partial charge in [-0.05, 0) is 74.7 Å². The molecular weight excluding hydrogens is 612 g/mol. The highest BCUT2D eigenvalue weighted by Crippen LogP contribution is 2.30. The highest BCUT2D eigenvalue weighted by Gasteiger charge is 2.34. The molecule has 1 N–H and O–H groups in total. The Hall–Kier alpha value is -4.65. The number of benzene rings is 3. The number of aryl methyl sites for hydroxylation is 1. The molecule has 246 valence electrons. The van der Waals surface area contributed by atoms with E-state index in [1.807, 2.05) is 0 Å². The third-order valence-corrected chi connectivity index (χ3v) is 9.98. The average Bonchev–Trinajstić information content (AvgIpc) is 3.06. The van der Waals surface area contributed by atoms with Gasteiger partial charge in [0.2, 0.25) is 11.8 Å². The zero-order valence-corrected chi connectivity index (χ0v) is 27.3. The average molecular weight is 653 g/mol. The molecule has 0 aliphatic heterocycles. The molecule has 1 aliphatic carbocycles. The second-order valence-corrected chi connectivity index (χ2v) is 13.2. The zero-order valence-electron chi connectivity index (χ0n) is 26.5. The molecule has 12 nitrogen and oxygen atoms in total. The molecule has 0 radical (unpaired) electrons. The van der Waals surface area contributed by atoms with E-state index in [0.29, 0.717) is 22.6 Å². The lowest BCUT2D eigenvalue weighted by molar-refractivity contribution is -0.385. The first-order valence-corrected chi connectivity index (χ1v) is 16.5. The Morgan fingerprint density at radius 1 is 0.978 bits per heavy atom. The molecule has 0 unspecified atom stereocenters. The van der Waals surface area contributed by atoms with Gasteiger partial charge in [-0.2, -0.15) is 0 Å². The number of ether oxygens (including phenoxy) is 2. The van der Waals surface area contributed by atoms with Crippen molar-refractivity contribution in [2.75, 3.05) is 25.1 Å².